The largest absolute Gasteiger partial charge is 0.497 e. The normalized spacial score (nSPS) is 14.4. The number of thioether (sulfide) groups is 1. The van der Waals surface area contributed by atoms with E-state index in [2.05, 4.69) is 17.1 Å². The van der Waals surface area contributed by atoms with E-state index in [0.717, 1.165) is 17.7 Å². The summed E-state index contributed by atoms with van der Waals surface area (Å²) in [5.41, 5.74) is 2.51. The monoisotopic (exact) mass is 494 g/mol. The molecular weight excluding hydrogens is 464 g/mol. The van der Waals surface area contributed by atoms with Gasteiger partial charge in [0.1, 0.15) is 11.5 Å². The predicted octanol–water partition coefficient (Wildman–Crippen LogP) is 5.67. The predicted molar refractivity (Wildman–Crippen MR) is 136 cm³/mol. The topological polar surface area (TPSA) is 86.7 Å². The van der Waals surface area contributed by atoms with Crippen molar-refractivity contribution < 1.29 is 19.0 Å². The third-order valence-electron chi connectivity index (χ3n) is 5.78. The van der Waals surface area contributed by atoms with Gasteiger partial charge in [0.25, 0.3) is 0 Å². The zero-order valence-electron chi connectivity index (χ0n) is 20.5. The fraction of sp³-hybridized carbons (Fsp3) is 0.385. The van der Waals surface area contributed by atoms with Crippen LogP contribution in [-0.4, -0.2) is 41.1 Å². The molecule has 1 aliphatic heterocycles. The zero-order valence-corrected chi connectivity index (χ0v) is 21.3. The third-order valence-corrected chi connectivity index (χ3v) is 6.71. The number of carbonyl (C=O) groups is 1. The van der Waals surface area contributed by atoms with E-state index < -0.39 is 6.23 Å². The second-order valence-corrected chi connectivity index (χ2v) is 9.20. The number of nitrogens with zero attached hydrogens (tertiary/aromatic N) is 4. The van der Waals surface area contributed by atoms with E-state index in [1.165, 1.54) is 26.2 Å². The van der Waals surface area contributed by atoms with Crippen molar-refractivity contribution in [2.24, 2.45) is 0 Å². The molecule has 2 heterocycles. The molecule has 3 aromatic rings. The Labute approximate surface area is 210 Å². The molecule has 1 aromatic heterocycles. The number of rotatable bonds is 9. The molecule has 4 rings (SSSR count). The lowest BCUT2D eigenvalue weighted by Crippen LogP contribution is -2.36. The number of para-hydroxylation sites is 1. The van der Waals surface area contributed by atoms with Gasteiger partial charge < -0.3 is 14.2 Å². The van der Waals surface area contributed by atoms with Gasteiger partial charge in [-0.2, -0.15) is 4.98 Å². The first-order valence-corrected chi connectivity index (χ1v) is 12.7. The number of anilines is 1. The van der Waals surface area contributed by atoms with E-state index in [1.807, 2.05) is 30.3 Å². The maximum atomic E-state index is 13.0. The number of ether oxygens (including phenoxy) is 3. The van der Waals surface area contributed by atoms with Crippen molar-refractivity contribution in [3.8, 4) is 28.6 Å². The van der Waals surface area contributed by atoms with Gasteiger partial charge in [-0.25, -0.2) is 0 Å². The van der Waals surface area contributed by atoms with Gasteiger partial charge in [0.05, 0.1) is 25.5 Å². The Hall–Kier alpha value is -3.33. The average molecular weight is 495 g/mol. The van der Waals surface area contributed by atoms with E-state index in [4.69, 9.17) is 19.2 Å². The molecule has 0 saturated heterocycles. The van der Waals surface area contributed by atoms with Gasteiger partial charge in [-0.1, -0.05) is 56.1 Å². The minimum atomic E-state index is -0.848. The molecule has 0 N–H and O–H groups in total. The first-order chi connectivity index (χ1) is 17.1. The molecule has 0 unspecified atom stereocenters. The van der Waals surface area contributed by atoms with E-state index in [1.54, 1.807) is 43.0 Å². The lowest BCUT2D eigenvalue weighted by atomic mass is 10.1. The molecule has 0 aliphatic carbocycles. The van der Waals surface area contributed by atoms with Crippen LogP contribution in [0.2, 0.25) is 0 Å². The fourth-order valence-corrected chi connectivity index (χ4v) is 4.82. The van der Waals surface area contributed by atoms with Crippen LogP contribution in [0.25, 0.3) is 11.3 Å². The molecule has 1 atom stereocenters. The van der Waals surface area contributed by atoms with E-state index in [0.29, 0.717) is 39.5 Å². The van der Waals surface area contributed by atoms with Crippen LogP contribution in [0.3, 0.4) is 0 Å². The van der Waals surface area contributed by atoms with Crippen molar-refractivity contribution in [3.63, 3.8) is 0 Å². The first-order valence-electron chi connectivity index (χ1n) is 11.7. The van der Waals surface area contributed by atoms with Gasteiger partial charge >= 0.3 is 0 Å². The summed E-state index contributed by atoms with van der Waals surface area (Å²) >= 11 is 1.56. The van der Waals surface area contributed by atoms with Crippen molar-refractivity contribution >= 4 is 23.4 Å². The zero-order chi connectivity index (χ0) is 24.8. The van der Waals surface area contributed by atoms with Crippen molar-refractivity contribution in [2.45, 2.75) is 50.9 Å². The number of methoxy groups -OCH3 is 2. The first kappa shape index (κ1) is 24.8. The number of aromatic nitrogens is 3. The summed E-state index contributed by atoms with van der Waals surface area (Å²) in [6.45, 7) is 3.70. The molecule has 1 amide bonds. The van der Waals surface area contributed by atoms with Gasteiger partial charge in [-0.15, -0.1) is 10.2 Å². The smallest absolute Gasteiger partial charge is 0.247 e. The quantitative estimate of drug-likeness (QED) is 0.278. The number of benzene rings is 2. The molecule has 184 valence electrons. The van der Waals surface area contributed by atoms with Crippen LogP contribution in [0.4, 0.5) is 5.69 Å². The van der Waals surface area contributed by atoms with Crippen LogP contribution in [0, 0.1) is 0 Å². The molecule has 0 fully saturated rings. The van der Waals surface area contributed by atoms with Crippen LogP contribution in [0.1, 0.15) is 51.3 Å². The summed E-state index contributed by atoms with van der Waals surface area (Å²) in [6, 6.07) is 12.9. The molecule has 0 bridgehead atoms. The maximum Gasteiger partial charge on any atom is 0.247 e. The Morgan fingerprint density at radius 1 is 1.09 bits per heavy atom. The van der Waals surface area contributed by atoms with E-state index in [-0.39, 0.29) is 5.91 Å². The minimum Gasteiger partial charge on any atom is -0.497 e. The van der Waals surface area contributed by atoms with Crippen LogP contribution in [0.15, 0.2) is 47.6 Å². The lowest BCUT2D eigenvalue weighted by molar-refractivity contribution is -0.118. The number of amides is 1. The molecule has 8 nitrogen and oxygen atoms in total. The minimum absolute atomic E-state index is 0.196. The van der Waals surface area contributed by atoms with Crippen LogP contribution < -0.4 is 19.1 Å². The van der Waals surface area contributed by atoms with Crippen LogP contribution >= 0.6 is 11.8 Å². The second kappa shape index (κ2) is 11.4. The fourth-order valence-electron chi connectivity index (χ4n) is 4.04. The van der Waals surface area contributed by atoms with E-state index >= 15 is 0 Å². The highest BCUT2D eigenvalue weighted by Crippen LogP contribution is 2.45. The molecule has 9 heteroatoms. The Morgan fingerprint density at radius 2 is 1.91 bits per heavy atom. The highest BCUT2D eigenvalue weighted by Gasteiger charge is 2.36. The third kappa shape index (κ3) is 5.35. The second-order valence-electron chi connectivity index (χ2n) is 8.14. The Balaban J connectivity index is 1.80. The van der Waals surface area contributed by atoms with Crippen molar-refractivity contribution in [1.82, 2.24) is 15.2 Å². The molecule has 35 heavy (non-hydrogen) atoms. The number of unbranched alkanes of at least 4 members (excludes halogenated alkanes) is 3. The Morgan fingerprint density at radius 3 is 2.66 bits per heavy atom. The van der Waals surface area contributed by atoms with Gasteiger partial charge in [-0.05, 0) is 30.7 Å². The molecular formula is C26H30N4O4S. The molecule has 0 saturated carbocycles. The molecule has 0 radical (unpaired) electrons. The summed E-state index contributed by atoms with van der Waals surface area (Å²) in [6.07, 6.45) is 3.83. The van der Waals surface area contributed by atoms with Gasteiger partial charge in [0, 0.05) is 18.2 Å². The van der Waals surface area contributed by atoms with Crippen LogP contribution in [0.5, 0.6) is 17.4 Å². The van der Waals surface area contributed by atoms with Gasteiger partial charge in [0.15, 0.2) is 5.69 Å². The average Bonchev–Trinajstić information content (AvgIpc) is 3.02. The summed E-state index contributed by atoms with van der Waals surface area (Å²) in [5.74, 6) is 2.22. The van der Waals surface area contributed by atoms with Crippen LogP contribution in [-0.2, 0) is 4.79 Å². The summed E-state index contributed by atoms with van der Waals surface area (Å²) in [5, 5.41) is 9.38. The Bertz CT molecular complexity index is 1190. The number of hydrogen-bond acceptors (Lipinski definition) is 8. The summed E-state index contributed by atoms with van der Waals surface area (Å²) in [7, 11) is 3.17. The van der Waals surface area contributed by atoms with Crippen molar-refractivity contribution in [2.75, 3.05) is 24.9 Å². The molecule has 0 spiro atoms. The summed E-state index contributed by atoms with van der Waals surface area (Å²) in [4.78, 5) is 19.3. The molecule has 2 aromatic carbocycles. The van der Waals surface area contributed by atoms with Gasteiger partial charge in [-0.3, -0.25) is 9.69 Å². The standard InChI is InChI=1S/C26H30N4O4S/c1-5-6-7-10-15-35-26-27-24-23(28-29-26)19-11-8-9-12-21(19)30(17(2)31)25(34-24)20-16-18(32-3)13-14-22(20)33-4/h8-9,11-14,16,25H,5-7,10,15H2,1-4H3/t25-/m0/s1. The number of carbonyl (C=O) groups excluding carboxylic acids is 1. The van der Waals surface area contributed by atoms with Crippen molar-refractivity contribution in [3.05, 3.63) is 48.0 Å². The van der Waals surface area contributed by atoms with E-state index in [9.17, 15) is 4.79 Å². The highest BCUT2D eigenvalue weighted by molar-refractivity contribution is 7.99. The SMILES string of the molecule is CCCCCCSc1nnc2c(n1)O[C@@H](c1cc(OC)ccc1OC)N(C(C)=O)c1ccccc1-2. The lowest BCUT2D eigenvalue weighted by Gasteiger charge is -2.30. The maximum absolute atomic E-state index is 13.0. The highest BCUT2D eigenvalue weighted by atomic mass is 32.2. The number of fused-ring (bicyclic) bond motifs is 3. The Kier molecular flexibility index (Phi) is 8.07. The summed E-state index contributed by atoms with van der Waals surface area (Å²) < 4.78 is 17.5. The van der Waals surface area contributed by atoms with Crippen molar-refractivity contribution in [1.29, 1.82) is 0 Å². The number of hydrogen-bond donors (Lipinski definition) is 0. The van der Waals surface area contributed by atoms with Gasteiger partial charge in [0.2, 0.25) is 23.2 Å². The molecule has 1 aliphatic rings.